The number of ether oxygens (including phenoxy) is 1. The Morgan fingerprint density at radius 2 is 0.904 bits per heavy atom. The van der Waals surface area contributed by atoms with Crippen LogP contribution in [0, 0.1) is 0 Å². The third-order valence-electron chi connectivity index (χ3n) is 10.2. The van der Waals surface area contributed by atoms with Crippen LogP contribution in [-0.2, 0) is 14.3 Å². The topological polar surface area (TPSA) is 95.9 Å². The third kappa shape index (κ3) is 38.1. The second-order valence-electron chi connectivity index (χ2n) is 15.4. The van der Waals surface area contributed by atoms with E-state index in [0.717, 1.165) is 77.0 Å². The molecule has 3 N–H and O–H groups in total. The Balaban J connectivity index is 3.54. The van der Waals surface area contributed by atoms with E-state index in [4.69, 9.17) is 4.74 Å². The van der Waals surface area contributed by atoms with Gasteiger partial charge in [-0.3, -0.25) is 9.59 Å². The molecule has 0 radical (unpaired) electrons. The van der Waals surface area contributed by atoms with Crippen molar-refractivity contribution in [2.45, 2.75) is 244 Å². The van der Waals surface area contributed by atoms with E-state index in [1.54, 1.807) is 0 Å². The number of carbonyl (C=O) groups excluding carboxylic acids is 2. The zero-order chi connectivity index (χ0) is 38.0. The summed E-state index contributed by atoms with van der Waals surface area (Å²) in [7, 11) is 0. The molecule has 2 atom stereocenters. The number of aliphatic hydroxyl groups is 2. The highest BCUT2D eigenvalue weighted by Gasteiger charge is 2.20. The Bertz CT molecular complexity index is 813. The smallest absolute Gasteiger partial charge is 0.305 e. The van der Waals surface area contributed by atoms with Crippen molar-refractivity contribution < 1.29 is 24.5 Å². The van der Waals surface area contributed by atoms with Gasteiger partial charge < -0.3 is 20.3 Å². The Morgan fingerprint density at radius 1 is 0.519 bits per heavy atom. The minimum Gasteiger partial charge on any atom is -0.466 e. The molecule has 0 aromatic carbocycles. The first-order valence-corrected chi connectivity index (χ1v) is 22.6. The molecular formula is C46H87NO5. The fourth-order valence-electron chi connectivity index (χ4n) is 6.68. The lowest BCUT2D eigenvalue weighted by atomic mass is 10.0. The summed E-state index contributed by atoms with van der Waals surface area (Å²) in [6.07, 6.45) is 47.1. The first kappa shape index (κ1) is 50.3. The van der Waals surface area contributed by atoms with E-state index in [9.17, 15) is 19.8 Å². The lowest BCUT2D eigenvalue weighted by Gasteiger charge is -2.22. The quantitative estimate of drug-likeness (QED) is 0.0330. The van der Waals surface area contributed by atoms with Gasteiger partial charge in [-0.25, -0.2) is 0 Å². The number of allylic oxidation sites excluding steroid dienone is 4. The van der Waals surface area contributed by atoms with Crippen LogP contribution in [0.25, 0.3) is 0 Å². The summed E-state index contributed by atoms with van der Waals surface area (Å²) in [6, 6.07) is -0.565. The zero-order valence-electron chi connectivity index (χ0n) is 34.5. The van der Waals surface area contributed by atoms with Crippen molar-refractivity contribution in [3.63, 3.8) is 0 Å². The molecule has 0 aromatic rings. The highest BCUT2D eigenvalue weighted by molar-refractivity contribution is 5.76. The van der Waals surface area contributed by atoms with Crippen LogP contribution in [0.15, 0.2) is 24.3 Å². The van der Waals surface area contributed by atoms with Crippen molar-refractivity contribution in [2.24, 2.45) is 0 Å². The van der Waals surface area contributed by atoms with E-state index in [-0.39, 0.29) is 18.5 Å². The lowest BCUT2D eigenvalue weighted by molar-refractivity contribution is -0.143. The lowest BCUT2D eigenvalue weighted by Crippen LogP contribution is -2.45. The molecule has 0 heterocycles. The Morgan fingerprint density at radius 3 is 1.37 bits per heavy atom. The highest BCUT2D eigenvalue weighted by atomic mass is 16.5. The maximum Gasteiger partial charge on any atom is 0.305 e. The van der Waals surface area contributed by atoms with Crippen LogP contribution in [0.3, 0.4) is 0 Å². The standard InChI is InChI=1S/C46H87NO5/c1-3-5-7-9-11-13-15-16-17-19-24-28-32-36-40-46(51)52-41-37-33-29-25-21-20-23-27-31-35-39-45(50)47-43(42-48)44(49)38-34-30-26-22-18-14-12-10-8-6-4-2/h15-16,21,25,43-44,48-49H,3-14,17-20,22-24,26-42H2,1-2H3,(H,47,50)/b16-15-,25-21-. The normalized spacial score (nSPS) is 12.9. The van der Waals surface area contributed by atoms with E-state index in [1.165, 1.54) is 122 Å². The number of aliphatic hydroxyl groups excluding tert-OH is 2. The Hall–Kier alpha value is -1.66. The average Bonchev–Trinajstić information content (AvgIpc) is 3.14. The summed E-state index contributed by atoms with van der Waals surface area (Å²) in [6.45, 7) is 4.82. The van der Waals surface area contributed by atoms with Crippen molar-refractivity contribution >= 4 is 11.9 Å². The van der Waals surface area contributed by atoms with Crippen molar-refractivity contribution in [1.29, 1.82) is 0 Å². The molecule has 2 unspecified atom stereocenters. The number of unbranched alkanes of at least 4 members (excludes halogenated alkanes) is 26. The summed E-state index contributed by atoms with van der Waals surface area (Å²) < 4.78 is 5.41. The number of nitrogens with one attached hydrogen (secondary N) is 1. The number of hydrogen-bond acceptors (Lipinski definition) is 5. The molecule has 52 heavy (non-hydrogen) atoms. The Labute approximate surface area is 322 Å². The molecule has 0 rings (SSSR count). The van der Waals surface area contributed by atoms with Crippen molar-refractivity contribution in [3.8, 4) is 0 Å². The number of esters is 1. The molecular weight excluding hydrogens is 647 g/mol. The minimum atomic E-state index is -0.684. The monoisotopic (exact) mass is 734 g/mol. The summed E-state index contributed by atoms with van der Waals surface area (Å²) in [5, 5.41) is 23.0. The maximum atomic E-state index is 12.4. The minimum absolute atomic E-state index is 0.0458. The molecule has 0 aliphatic carbocycles. The van der Waals surface area contributed by atoms with Gasteiger partial charge in [0.15, 0.2) is 0 Å². The molecule has 0 bridgehead atoms. The number of rotatable bonds is 41. The molecule has 0 aliphatic heterocycles. The fourth-order valence-corrected chi connectivity index (χ4v) is 6.68. The molecule has 306 valence electrons. The molecule has 1 amide bonds. The zero-order valence-corrected chi connectivity index (χ0v) is 34.5. The van der Waals surface area contributed by atoms with Crippen molar-refractivity contribution in [3.05, 3.63) is 24.3 Å². The molecule has 6 nitrogen and oxygen atoms in total. The van der Waals surface area contributed by atoms with Crippen LogP contribution in [0.1, 0.15) is 232 Å². The van der Waals surface area contributed by atoms with Crippen LogP contribution in [0.5, 0.6) is 0 Å². The summed E-state index contributed by atoms with van der Waals surface area (Å²) >= 11 is 0. The van der Waals surface area contributed by atoms with E-state index < -0.39 is 12.1 Å². The maximum absolute atomic E-state index is 12.4. The van der Waals surface area contributed by atoms with Gasteiger partial charge in [-0.05, 0) is 77.0 Å². The predicted octanol–water partition coefficient (Wildman–Crippen LogP) is 12.8. The van der Waals surface area contributed by atoms with Crippen LogP contribution in [-0.4, -0.2) is 47.4 Å². The summed E-state index contributed by atoms with van der Waals surface area (Å²) in [4.78, 5) is 24.3. The molecule has 0 spiro atoms. The largest absolute Gasteiger partial charge is 0.466 e. The van der Waals surface area contributed by atoms with Gasteiger partial charge in [-0.1, -0.05) is 167 Å². The molecule has 0 aliphatic rings. The molecule has 6 heteroatoms. The summed E-state index contributed by atoms with van der Waals surface area (Å²) in [5.41, 5.74) is 0. The number of amides is 1. The van der Waals surface area contributed by atoms with Gasteiger partial charge in [0.1, 0.15) is 0 Å². The van der Waals surface area contributed by atoms with Gasteiger partial charge >= 0.3 is 5.97 Å². The average molecular weight is 734 g/mol. The second kappa shape index (κ2) is 42.1. The van der Waals surface area contributed by atoms with E-state index >= 15 is 0 Å². The molecule has 0 fully saturated rings. The molecule has 0 saturated carbocycles. The fraction of sp³-hybridized carbons (Fsp3) is 0.870. The van der Waals surface area contributed by atoms with Crippen molar-refractivity contribution in [1.82, 2.24) is 5.32 Å². The van der Waals surface area contributed by atoms with Crippen LogP contribution >= 0.6 is 0 Å². The first-order chi connectivity index (χ1) is 25.5. The number of hydrogen-bond donors (Lipinski definition) is 3. The molecule has 0 saturated heterocycles. The van der Waals surface area contributed by atoms with Gasteiger partial charge in [0, 0.05) is 12.8 Å². The SMILES string of the molecule is CCCCCCC/C=C\CCCCCCCC(=O)OCCCC/C=C\CCCCCCC(=O)NC(CO)C(O)CCCCCCCCCCCCC. The Kier molecular flexibility index (Phi) is 40.7. The predicted molar refractivity (Wildman–Crippen MR) is 223 cm³/mol. The van der Waals surface area contributed by atoms with Crippen LogP contribution in [0.4, 0.5) is 0 Å². The highest BCUT2D eigenvalue weighted by Crippen LogP contribution is 2.15. The van der Waals surface area contributed by atoms with Gasteiger partial charge in [0.05, 0.1) is 25.4 Å². The van der Waals surface area contributed by atoms with Gasteiger partial charge in [0.25, 0.3) is 0 Å². The van der Waals surface area contributed by atoms with Crippen LogP contribution in [0.2, 0.25) is 0 Å². The van der Waals surface area contributed by atoms with E-state index in [1.807, 2.05) is 0 Å². The van der Waals surface area contributed by atoms with E-state index in [2.05, 4.69) is 43.5 Å². The van der Waals surface area contributed by atoms with E-state index in [0.29, 0.717) is 25.9 Å². The first-order valence-electron chi connectivity index (χ1n) is 22.6. The van der Waals surface area contributed by atoms with Crippen molar-refractivity contribution in [2.75, 3.05) is 13.2 Å². The van der Waals surface area contributed by atoms with Crippen LogP contribution < -0.4 is 5.32 Å². The third-order valence-corrected chi connectivity index (χ3v) is 10.2. The van der Waals surface area contributed by atoms with Gasteiger partial charge in [-0.2, -0.15) is 0 Å². The summed E-state index contributed by atoms with van der Waals surface area (Å²) in [5.74, 6) is -0.119. The van der Waals surface area contributed by atoms with Gasteiger partial charge in [-0.15, -0.1) is 0 Å². The molecule has 0 aromatic heterocycles. The van der Waals surface area contributed by atoms with Gasteiger partial charge in [0.2, 0.25) is 5.91 Å². The second-order valence-corrected chi connectivity index (χ2v) is 15.4. The number of carbonyl (C=O) groups is 2.